The molecule has 0 spiro atoms. The Balaban J connectivity index is 1.69. The van der Waals surface area contributed by atoms with E-state index < -0.39 is 0 Å². The van der Waals surface area contributed by atoms with Crippen molar-refractivity contribution in [3.63, 3.8) is 0 Å². The van der Waals surface area contributed by atoms with Gasteiger partial charge in [-0.3, -0.25) is 9.69 Å². The minimum absolute atomic E-state index is 0.145. The molecule has 4 rings (SSSR count). The van der Waals surface area contributed by atoms with Crippen LogP contribution in [0.25, 0.3) is 10.2 Å². The van der Waals surface area contributed by atoms with Crippen molar-refractivity contribution in [1.82, 2.24) is 4.98 Å². The van der Waals surface area contributed by atoms with Crippen LogP contribution in [0, 0.1) is 6.92 Å². The molecule has 28 heavy (non-hydrogen) atoms. The summed E-state index contributed by atoms with van der Waals surface area (Å²) in [5.74, 6) is 0.264. The molecule has 140 valence electrons. The molecule has 0 atom stereocenters. The van der Waals surface area contributed by atoms with E-state index in [1.165, 1.54) is 11.3 Å². The van der Waals surface area contributed by atoms with Gasteiger partial charge in [-0.1, -0.05) is 65.4 Å². The molecule has 0 bridgehead atoms. The standard InChI is InChI=1S/C22H17ClN2O2S/c1-15-8-2-5-11-18(15)25(22-24-17-10-4-7-13-20(17)28-22)21(26)14-27-19-12-6-3-9-16(19)23/h2-13H,14H2,1H3. The second-order valence-electron chi connectivity index (χ2n) is 6.20. The Labute approximate surface area is 172 Å². The minimum Gasteiger partial charge on any atom is -0.482 e. The molecular formula is C22H17ClN2O2S. The number of carbonyl (C=O) groups is 1. The van der Waals surface area contributed by atoms with Crippen LogP contribution in [0.4, 0.5) is 10.8 Å². The highest BCUT2D eigenvalue weighted by molar-refractivity contribution is 7.22. The Hall–Kier alpha value is -2.89. The number of hydrogen-bond acceptors (Lipinski definition) is 4. The van der Waals surface area contributed by atoms with Gasteiger partial charge in [0.1, 0.15) is 5.75 Å². The summed E-state index contributed by atoms with van der Waals surface area (Å²) in [5.41, 5.74) is 2.63. The highest BCUT2D eigenvalue weighted by Gasteiger charge is 2.23. The first-order chi connectivity index (χ1) is 13.6. The lowest BCUT2D eigenvalue weighted by molar-refractivity contribution is -0.119. The van der Waals surface area contributed by atoms with Gasteiger partial charge in [0.15, 0.2) is 11.7 Å². The quantitative estimate of drug-likeness (QED) is 0.406. The maximum absolute atomic E-state index is 13.2. The van der Waals surface area contributed by atoms with Crippen molar-refractivity contribution >= 4 is 49.9 Å². The highest BCUT2D eigenvalue weighted by Crippen LogP contribution is 2.35. The van der Waals surface area contributed by atoms with Gasteiger partial charge in [-0.05, 0) is 42.8 Å². The third-order valence-electron chi connectivity index (χ3n) is 4.27. The van der Waals surface area contributed by atoms with E-state index in [2.05, 4.69) is 4.98 Å². The largest absolute Gasteiger partial charge is 0.482 e. The minimum atomic E-state index is -0.215. The first-order valence-electron chi connectivity index (χ1n) is 8.75. The number of benzene rings is 3. The van der Waals surface area contributed by atoms with Crippen LogP contribution >= 0.6 is 22.9 Å². The molecule has 4 nitrogen and oxygen atoms in total. The lowest BCUT2D eigenvalue weighted by Gasteiger charge is -2.22. The number of amides is 1. The van der Waals surface area contributed by atoms with Crippen molar-refractivity contribution in [1.29, 1.82) is 0 Å². The Morgan fingerprint density at radius 1 is 1.04 bits per heavy atom. The average molecular weight is 409 g/mol. The van der Waals surface area contributed by atoms with Gasteiger partial charge in [-0.15, -0.1) is 0 Å². The van der Waals surface area contributed by atoms with Crippen LogP contribution in [0.1, 0.15) is 5.56 Å². The van der Waals surface area contributed by atoms with E-state index in [0.717, 1.165) is 21.5 Å². The second kappa shape index (κ2) is 8.00. The van der Waals surface area contributed by atoms with Gasteiger partial charge in [0, 0.05) is 0 Å². The van der Waals surface area contributed by atoms with Crippen molar-refractivity contribution < 1.29 is 9.53 Å². The number of ether oxygens (including phenoxy) is 1. The molecule has 0 saturated heterocycles. The van der Waals surface area contributed by atoms with Crippen molar-refractivity contribution in [2.45, 2.75) is 6.92 Å². The number of carbonyl (C=O) groups excluding carboxylic acids is 1. The van der Waals surface area contributed by atoms with Crippen LogP contribution in [0.5, 0.6) is 5.75 Å². The molecule has 3 aromatic carbocycles. The number of nitrogens with zero attached hydrogens (tertiary/aromatic N) is 2. The van der Waals surface area contributed by atoms with E-state index in [0.29, 0.717) is 15.9 Å². The van der Waals surface area contributed by atoms with E-state index in [9.17, 15) is 4.79 Å². The molecular weight excluding hydrogens is 392 g/mol. The van der Waals surface area contributed by atoms with Crippen LogP contribution in [0.3, 0.4) is 0 Å². The number of rotatable bonds is 5. The van der Waals surface area contributed by atoms with Crippen molar-refractivity contribution in [2.24, 2.45) is 0 Å². The molecule has 1 aromatic heterocycles. The number of aryl methyl sites for hydroxylation is 1. The number of aromatic nitrogens is 1. The molecule has 1 heterocycles. The van der Waals surface area contributed by atoms with Gasteiger partial charge in [0.05, 0.1) is 20.9 Å². The lowest BCUT2D eigenvalue weighted by atomic mass is 10.2. The molecule has 0 fully saturated rings. The Morgan fingerprint density at radius 2 is 1.75 bits per heavy atom. The molecule has 0 radical (unpaired) electrons. The van der Waals surface area contributed by atoms with Gasteiger partial charge in [0.25, 0.3) is 5.91 Å². The van der Waals surface area contributed by atoms with Gasteiger partial charge in [-0.25, -0.2) is 4.98 Å². The molecule has 0 unspecified atom stereocenters. The maximum Gasteiger partial charge on any atom is 0.271 e. The Bertz CT molecular complexity index is 1110. The topological polar surface area (TPSA) is 42.4 Å². The summed E-state index contributed by atoms with van der Waals surface area (Å²) in [5, 5.41) is 1.08. The molecule has 0 aliphatic heterocycles. The zero-order valence-electron chi connectivity index (χ0n) is 15.1. The van der Waals surface area contributed by atoms with Crippen LogP contribution in [0.2, 0.25) is 5.02 Å². The average Bonchev–Trinajstić information content (AvgIpc) is 3.12. The lowest BCUT2D eigenvalue weighted by Crippen LogP contribution is -2.31. The fourth-order valence-corrected chi connectivity index (χ4v) is 4.07. The Morgan fingerprint density at radius 3 is 2.54 bits per heavy atom. The van der Waals surface area contributed by atoms with Gasteiger partial charge in [0.2, 0.25) is 0 Å². The van der Waals surface area contributed by atoms with Crippen LogP contribution < -0.4 is 9.64 Å². The highest BCUT2D eigenvalue weighted by atomic mass is 35.5. The number of para-hydroxylation sites is 3. The molecule has 6 heteroatoms. The fourth-order valence-electron chi connectivity index (χ4n) is 2.88. The third kappa shape index (κ3) is 3.72. The van der Waals surface area contributed by atoms with E-state index in [1.54, 1.807) is 17.0 Å². The molecule has 4 aromatic rings. The summed E-state index contributed by atoms with van der Waals surface area (Å²) in [7, 11) is 0. The first kappa shape index (κ1) is 18.5. The summed E-state index contributed by atoms with van der Waals surface area (Å²) in [6.07, 6.45) is 0. The summed E-state index contributed by atoms with van der Waals surface area (Å²) >= 11 is 7.61. The summed E-state index contributed by atoms with van der Waals surface area (Å²) in [6, 6.07) is 22.7. The maximum atomic E-state index is 13.2. The molecule has 1 amide bonds. The predicted octanol–water partition coefficient (Wildman–Crippen LogP) is 6.00. The van der Waals surface area contributed by atoms with Gasteiger partial charge < -0.3 is 4.74 Å². The summed E-state index contributed by atoms with van der Waals surface area (Å²) in [4.78, 5) is 19.5. The second-order valence-corrected chi connectivity index (χ2v) is 7.62. The van der Waals surface area contributed by atoms with Crippen LogP contribution in [-0.4, -0.2) is 17.5 Å². The number of thiazole rings is 1. The number of hydrogen-bond donors (Lipinski definition) is 0. The van der Waals surface area contributed by atoms with E-state index in [1.807, 2.05) is 67.6 Å². The number of halogens is 1. The number of anilines is 2. The van der Waals surface area contributed by atoms with Gasteiger partial charge in [-0.2, -0.15) is 0 Å². The van der Waals surface area contributed by atoms with E-state index in [-0.39, 0.29) is 12.5 Å². The van der Waals surface area contributed by atoms with Crippen molar-refractivity contribution in [3.8, 4) is 5.75 Å². The zero-order valence-corrected chi connectivity index (χ0v) is 16.7. The van der Waals surface area contributed by atoms with Crippen molar-refractivity contribution in [3.05, 3.63) is 83.4 Å². The fraction of sp³-hybridized carbons (Fsp3) is 0.0909. The monoisotopic (exact) mass is 408 g/mol. The Kier molecular flexibility index (Phi) is 5.28. The predicted molar refractivity (Wildman–Crippen MR) is 115 cm³/mol. The van der Waals surface area contributed by atoms with E-state index >= 15 is 0 Å². The van der Waals surface area contributed by atoms with Crippen molar-refractivity contribution in [2.75, 3.05) is 11.5 Å². The van der Waals surface area contributed by atoms with Gasteiger partial charge >= 0.3 is 0 Å². The van der Waals surface area contributed by atoms with Crippen LogP contribution in [0.15, 0.2) is 72.8 Å². The smallest absolute Gasteiger partial charge is 0.271 e. The molecule has 0 aliphatic carbocycles. The third-order valence-corrected chi connectivity index (χ3v) is 5.60. The normalized spacial score (nSPS) is 10.8. The SMILES string of the molecule is Cc1ccccc1N(C(=O)COc1ccccc1Cl)c1nc2ccccc2s1. The summed E-state index contributed by atoms with van der Waals surface area (Å²) in [6.45, 7) is 1.83. The molecule has 0 N–H and O–H groups in total. The molecule has 0 saturated carbocycles. The molecule has 0 aliphatic rings. The zero-order chi connectivity index (χ0) is 19.5. The van der Waals surface area contributed by atoms with Crippen LogP contribution in [-0.2, 0) is 4.79 Å². The number of fused-ring (bicyclic) bond motifs is 1. The van der Waals surface area contributed by atoms with E-state index in [4.69, 9.17) is 16.3 Å². The summed E-state index contributed by atoms with van der Waals surface area (Å²) < 4.78 is 6.71. The first-order valence-corrected chi connectivity index (χ1v) is 9.94.